The van der Waals surface area contributed by atoms with Crippen molar-refractivity contribution in [3.05, 3.63) is 60.7 Å². The maximum absolute atomic E-state index is 10.4. The zero-order valence-electron chi connectivity index (χ0n) is 10.5. The molecule has 0 fully saturated rings. The van der Waals surface area contributed by atoms with Gasteiger partial charge in [-0.15, -0.1) is 6.58 Å². The lowest BCUT2D eigenvalue weighted by molar-refractivity contribution is 0.0454. The number of hydrogen-bond donors (Lipinski definition) is 2. The van der Waals surface area contributed by atoms with Crippen molar-refractivity contribution < 1.29 is 10.2 Å². The van der Waals surface area contributed by atoms with Gasteiger partial charge in [-0.2, -0.15) is 0 Å². The molecular weight excluding hydrogens is 224 g/mol. The molecule has 0 saturated heterocycles. The average Bonchev–Trinajstić information content (AvgIpc) is 2.44. The van der Waals surface area contributed by atoms with Crippen molar-refractivity contribution in [3.63, 3.8) is 0 Å². The first-order chi connectivity index (χ1) is 8.65. The van der Waals surface area contributed by atoms with Gasteiger partial charge in [-0.3, -0.25) is 0 Å². The predicted octanol–water partition coefficient (Wildman–Crippen LogP) is 3.06. The molecule has 3 atom stereocenters. The number of fused-ring (bicyclic) bond motifs is 1. The summed E-state index contributed by atoms with van der Waals surface area (Å²) < 4.78 is 0. The van der Waals surface area contributed by atoms with E-state index in [0.29, 0.717) is 0 Å². The third-order valence-electron chi connectivity index (χ3n) is 3.42. The Morgan fingerprint density at radius 1 is 1.06 bits per heavy atom. The van der Waals surface area contributed by atoms with Crippen molar-refractivity contribution in [1.82, 2.24) is 0 Å². The van der Waals surface area contributed by atoms with Crippen molar-refractivity contribution in [1.29, 1.82) is 0 Å². The minimum absolute atomic E-state index is 0.284. The summed E-state index contributed by atoms with van der Waals surface area (Å²) in [5.41, 5.74) is 0.849. The van der Waals surface area contributed by atoms with Gasteiger partial charge in [0.15, 0.2) is 0 Å². The monoisotopic (exact) mass is 242 g/mol. The van der Waals surface area contributed by atoms with Crippen LogP contribution in [0, 0.1) is 5.92 Å². The Balaban J connectivity index is 2.44. The van der Waals surface area contributed by atoms with Crippen molar-refractivity contribution in [2.45, 2.75) is 19.1 Å². The highest BCUT2D eigenvalue weighted by Gasteiger charge is 2.23. The van der Waals surface area contributed by atoms with Crippen molar-refractivity contribution in [3.8, 4) is 0 Å². The third kappa shape index (κ3) is 2.30. The topological polar surface area (TPSA) is 40.5 Å². The third-order valence-corrected chi connectivity index (χ3v) is 3.42. The zero-order valence-corrected chi connectivity index (χ0v) is 10.5. The molecule has 94 valence electrons. The van der Waals surface area contributed by atoms with Gasteiger partial charge in [-0.1, -0.05) is 55.5 Å². The summed E-state index contributed by atoms with van der Waals surface area (Å²) in [7, 11) is 0. The molecule has 2 N–H and O–H groups in total. The lowest BCUT2D eigenvalue weighted by Crippen LogP contribution is -2.22. The molecule has 2 aromatic carbocycles. The summed E-state index contributed by atoms with van der Waals surface area (Å²) in [4.78, 5) is 0. The molecule has 0 radical (unpaired) electrons. The van der Waals surface area contributed by atoms with Gasteiger partial charge in [-0.25, -0.2) is 0 Å². The first-order valence-electron chi connectivity index (χ1n) is 6.11. The van der Waals surface area contributed by atoms with Crippen molar-refractivity contribution >= 4 is 10.8 Å². The number of benzene rings is 2. The van der Waals surface area contributed by atoms with E-state index in [0.717, 1.165) is 16.3 Å². The molecule has 0 aliphatic heterocycles. The van der Waals surface area contributed by atoms with Crippen LogP contribution >= 0.6 is 0 Å². The molecule has 0 amide bonds. The molecule has 2 nitrogen and oxygen atoms in total. The zero-order chi connectivity index (χ0) is 13.1. The molecule has 0 aromatic heterocycles. The van der Waals surface area contributed by atoms with Gasteiger partial charge in [0, 0.05) is 5.92 Å². The Bertz CT molecular complexity index is 542. The molecule has 18 heavy (non-hydrogen) atoms. The fraction of sp³-hybridized carbons (Fsp3) is 0.250. The van der Waals surface area contributed by atoms with Gasteiger partial charge < -0.3 is 10.2 Å². The van der Waals surface area contributed by atoms with Gasteiger partial charge in [0.1, 0.15) is 0 Å². The van der Waals surface area contributed by atoms with E-state index >= 15 is 0 Å². The van der Waals surface area contributed by atoms with Crippen molar-refractivity contribution in [2.75, 3.05) is 0 Å². The number of aliphatic hydroxyl groups excluding tert-OH is 2. The maximum Gasteiger partial charge on any atom is 0.0849 e. The van der Waals surface area contributed by atoms with Crippen LogP contribution in [0.15, 0.2) is 55.1 Å². The van der Waals surface area contributed by atoms with E-state index in [4.69, 9.17) is 0 Å². The Morgan fingerprint density at radius 2 is 1.72 bits per heavy atom. The fourth-order valence-corrected chi connectivity index (χ4v) is 2.19. The van der Waals surface area contributed by atoms with Crippen LogP contribution in [0.25, 0.3) is 10.8 Å². The Kier molecular flexibility index (Phi) is 3.80. The van der Waals surface area contributed by atoms with E-state index in [-0.39, 0.29) is 5.92 Å². The molecule has 2 heteroatoms. The van der Waals surface area contributed by atoms with E-state index in [1.807, 2.05) is 49.4 Å². The van der Waals surface area contributed by atoms with Crippen LogP contribution in [0.4, 0.5) is 0 Å². The number of hydrogen-bond acceptors (Lipinski definition) is 2. The second kappa shape index (κ2) is 5.34. The van der Waals surface area contributed by atoms with E-state index < -0.39 is 12.2 Å². The molecular formula is C16H18O2. The van der Waals surface area contributed by atoms with E-state index in [1.165, 1.54) is 6.08 Å². The Labute approximate surface area is 107 Å². The SMILES string of the molecule is C=C[C@H](O)[C@H](C)[C@H](O)c1cccc2ccccc12. The molecule has 0 bridgehead atoms. The van der Waals surface area contributed by atoms with Gasteiger partial charge >= 0.3 is 0 Å². The summed E-state index contributed by atoms with van der Waals surface area (Å²) in [6.45, 7) is 5.38. The van der Waals surface area contributed by atoms with Crippen LogP contribution in [0.5, 0.6) is 0 Å². The number of rotatable bonds is 4. The standard InChI is InChI=1S/C16H18O2/c1-3-15(17)11(2)16(18)14-10-6-8-12-7-4-5-9-13(12)14/h3-11,15-18H,1H2,2H3/t11-,15-,16-/m0/s1. The second-order valence-corrected chi connectivity index (χ2v) is 4.60. The van der Waals surface area contributed by atoms with Gasteiger partial charge in [-0.05, 0) is 16.3 Å². The molecule has 2 rings (SSSR count). The smallest absolute Gasteiger partial charge is 0.0849 e. The van der Waals surface area contributed by atoms with E-state index in [1.54, 1.807) is 0 Å². The minimum atomic E-state index is -0.709. The summed E-state index contributed by atoms with van der Waals surface area (Å²) in [5, 5.41) is 22.2. The normalized spacial score (nSPS) is 16.2. The van der Waals surface area contributed by atoms with Crippen LogP contribution < -0.4 is 0 Å². The van der Waals surface area contributed by atoms with Gasteiger partial charge in [0.05, 0.1) is 12.2 Å². The van der Waals surface area contributed by atoms with E-state index in [2.05, 4.69) is 6.58 Å². The molecule has 0 aliphatic carbocycles. The molecule has 0 unspecified atom stereocenters. The summed E-state index contributed by atoms with van der Waals surface area (Å²) in [6, 6.07) is 13.8. The predicted molar refractivity (Wildman–Crippen MR) is 74.3 cm³/mol. The number of aliphatic hydroxyl groups is 2. The van der Waals surface area contributed by atoms with Crippen molar-refractivity contribution in [2.24, 2.45) is 5.92 Å². The highest BCUT2D eigenvalue weighted by atomic mass is 16.3. The molecule has 0 heterocycles. The highest BCUT2D eigenvalue weighted by Crippen LogP contribution is 2.30. The summed E-state index contributed by atoms with van der Waals surface area (Å²) in [6.07, 6.45) is 0.0435. The lowest BCUT2D eigenvalue weighted by Gasteiger charge is -2.23. The van der Waals surface area contributed by atoms with E-state index in [9.17, 15) is 10.2 Å². The van der Waals surface area contributed by atoms with Gasteiger partial charge in [0.2, 0.25) is 0 Å². The summed E-state index contributed by atoms with van der Waals surface area (Å²) >= 11 is 0. The van der Waals surface area contributed by atoms with Crippen LogP contribution in [0.2, 0.25) is 0 Å². The van der Waals surface area contributed by atoms with Crippen LogP contribution in [-0.4, -0.2) is 16.3 Å². The van der Waals surface area contributed by atoms with Gasteiger partial charge in [0.25, 0.3) is 0 Å². The first-order valence-corrected chi connectivity index (χ1v) is 6.11. The highest BCUT2D eigenvalue weighted by molar-refractivity contribution is 5.86. The maximum atomic E-state index is 10.4. The summed E-state index contributed by atoms with van der Waals surface area (Å²) in [5.74, 6) is -0.284. The van der Waals surface area contributed by atoms with Crippen LogP contribution in [0.3, 0.4) is 0 Å². The molecule has 0 aliphatic rings. The fourth-order valence-electron chi connectivity index (χ4n) is 2.19. The lowest BCUT2D eigenvalue weighted by atomic mass is 9.89. The molecule has 0 spiro atoms. The van der Waals surface area contributed by atoms with Crippen LogP contribution in [0.1, 0.15) is 18.6 Å². The molecule has 0 saturated carbocycles. The second-order valence-electron chi connectivity index (χ2n) is 4.60. The minimum Gasteiger partial charge on any atom is -0.389 e. The average molecular weight is 242 g/mol. The first kappa shape index (κ1) is 12.8. The Morgan fingerprint density at radius 3 is 2.44 bits per heavy atom. The quantitative estimate of drug-likeness (QED) is 0.809. The van der Waals surface area contributed by atoms with Crippen LogP contribution in [-0.2, 0) is 0 Å². The molecule has 2 aromatic rings. The Hall–Kier alpha value is -1.64. The largest absolute Gasteiger partial charge is 0.389 e.